The van der Waals surface area contributed by atoms with Gasteiger partial charge in [0.15, 0.2) is 5.13 Å². The van der Waals surface area contributed by atoms with Crippen LogP contribution in [-0.2, 0) is 21.4 Å². The van der Waals surface area contributed by atoms with E-state index in [-0.39, 0.29) is 17.3 Å². The minimum Gasteiger partial charge on any atom is -0.283 e. The molecular formula is C29H31N3O3S2. The number of fused-ring (bicyclic) bond motifs is 1. The second kappa shape index (κ2) is 10.4. The van der Waals surface area contributed by atoms with Gasteiger partial charge in [0, 0.05) is 13.1 Å². The second-order valence-corrected chi connectivity index (χ2v) is 12.7. The molecule has 0 aliphatic carbocycles. The fourth-order valence-corrected chi connectivity index (χ4v) is 7.33. The van der Waals surface area contributed by atoms with E-state index in [0.29, 0.717) is 31.1 Å². The van der Waals surface area contributed by atoms with Crippen LogP contribution < -0.4 is 4.90 Å². The van der Waals surface area contributed by atoms with Gasteiger partial charge in [-0.15, -0.1) is 0 Å². The standard InChI is InChI=1S/C29H31N3O3S2/c1-20-11-14-25(15-12-20)37(34,35)31-17-7-10-24(19-31)28(33)32(18-23-8-5-4-6-9-23)29-30-27-22(3)21(2)13-16-26(27)36-29/h4-6,8-9,11-16,24H,7,10,17-19H2,1-3H3. The number of nitrogens with zero attached hydrogens (tertiary/aromatic N) is 3. The number of hydrogen-bond donors (Lipinski definition) is 0. The number of carbonyl (C=O) groups is 1. The van der Waals surface area contributed by atoms with Gasteiger partial charge in [-0.05, 0) is 68.5 Å². The highest BCUT2D eigenvalue weighted by atomic mass is 32.2. The van der Waals surface area contributed by atoms with Crippen molar-refractivity contribution in [1.82, 2.24) is 9.29 Å². The average Bonchev–Trinajstić information content (AvgIpc) is 3.35. The lowest BCUT2D eigenvalue weighted by Gasteiger charge is -2.33. The minimum absolute atomic E-state index is 0.0823. The van der Waals surface area contributed by atoms with E-state index in [0.717, 1.165) is 32.5 Å². The molecule has 8 heteroatoms. The summed E-state index contributed by atoms with van der Waals surface area (Å²) in [6, 6.07) is 20.9. The molecule has 1 fully saturated rings. The van der Waals surface area contributed by atoms with Gasteiger partial charge in [0.05, 0.1) is 27.6 Å². The van der Waals surface area contributed by atoms with E-state index in [1.54, 1.807) is 29.2 Å². The summed E-state index contributed by atoms with van der Waals surface area (Å²) in [6.45, 7) is 7.02. The number of sulfonamides is 1. The third kappa shape index (κ3) is 5.19. The molecule has 1 unspecified atom stereocenters. The van der Waals surface area contributed by atoms with Crippen LogP contribution in [0.25, 0.3) is 10.2 Å². The molecule has 0 bridgehead atoms. The van der Waals surface area contributed by atoms with Crippen LogP contribution in [0.4, 0.5) is 5.13 Å². The molecule has 0 saturated carbocycles. The molecule has 4 aromatic rings. The number of hydrogen-bond acceptors (Lipinski definition) is 5. The first-order valence-electron chi connectivity index (χ1n) is 12.5. The molecule has 1 aliphatic heterocycles. The highest BCUT2D eigenvalue weighted by Crippen LogP contribution is 2.35. The summed E-state index contributed by atoms with van der Waals surface area (Å²) in [5.74, 6) is -0.520. The lowest BCUT2D eigenvalue weighted by Crippen LogP contribution is -2.46. The smallest absolute Gasteiger partial charge is 0.243 e. The summed E-state index contributed by atoms with van der Waals surface area (Å²) in [7, 11) is -3.68. The number of amides is 1. The Morgan fingerprint density at radius 2 is 1.76 bits per heavy atom. The first-order chi connectivity index (χ1) is 17.7. The van der Waals surface area contributed by atoms with Crippen molar-refractivity contribution in [2.75, 3.05) is 18.0 Å². The summed E-state index contributed by atoms with van der Waals surface area (Å²) >= 11 is 1.51. The summed E-state index contributed by atoms with van der Waals surface area (Å²) in [6.07, 6.45) is 1.28. The van der Waals surface area contributed by atoms with E-state index >= 15 is 0 Å². The molecule has 0 spiro atoms. The Hall–Kier alpha value is -3.07. The van der Waals surface area contributed by atoms with Crippen molar-refractivity contribution < 1.29 is 13.2 Å². The molecule has 5 rings (SSSR count). The maximum absolute atomic E-state index is 14.1. The normalized spacial score (nSPS) is 16.7. The maximum atomic E-state index is 14.1. The molecule has 1 aliphatic rings. The Balaban J connectivity index is 1.46. The summed E-state index contributed by atoms with van der Waals surface area (Å²) < 4.78 is 29.3. The molecule has 6 nitrogen and oxygen atoms in total. The van der Waals surface area contributed by atoms with Crippen LogP contribution >= 0.6 is 11.3 Å². The summed E-state index contributed by atoms with van der Waals surface area (Å²) in [5, 5.41) is 0.649. The molecule has 192 valence electrons. The highest BCUT2D eigenvalue weighted by Gasteiger charge is 2.36. The number of benzene rings is 3. The van der Waals surface area contributed by atoms with Gasteiger partial charge < -0.3 is 0 Å². The van der Waals surface area contributed by atoms with Gasteiger partial charge in [0.1, 0.15) is 0 Å². The topological polar surface area (TPSA) is 70.6 Å². The molecule has 3 aromatic carbocycles. The van der Waals surface area contributed by atoms with Gasteiger partial charge in [0.2, 0.25) is 15.9 Å². The molecule has 1 aromatic heterocycles. The Kier molecular flexibility index (Phi) is 7.16. The van der Waals surface area contributed by atoms with Gasteiger partial charge in [-0.2, -0.15) is 4.31 Å². The van der Waals surface area contributed by atoms with Gasteiger partial charge >= 0.3 is 0 Å². The van der Waals surface area contributed by atoms with Crippen molar-refractivity contribution in [3.05, 3.63) is 89.0 Å². The van der Waals surface area contributed by atoms with Crippen LogP contribution in [0.3, 0.4) is 0 Å². The van der Waals surface area contributed by atoms with Crippen LogP contribution in [0, 0.1) is 26.7 Å². The molecule has 1 saturated heterocycles. The summed E-state index contributed by atoms with van der Waals surface area (Å²) in [5.41, 5.74) is 5.19. The Bertz CT molecular complexity index is 1530. The SMILES string of the molecule is Cc1ccc(S(=O)(=O)N2CCCC(C(=O)N(Cc3ccccc3)c3nc4c(C)c(C)ccc4s3)C2)cc1. The van der Waals surface area contributed by atoms with Crippen LogP contribution in [-0.4, -0.2) is 36.7 Å². The van der Waals surface area contributed by atoms with Gasteiger partial charge in [-0.3, -0.25) is 9.69 Å². The molecule has 1 atom stereocenters. The predicted molar refractivity (Wildman–Crippen MR) is 149 cm³/mol. The van der Waals surface area contributed by atoms with E-state index < -0.39 is 15.9 Å². The third-order valence-corrected chi connectivity index (χ3v) is 10.1. The number of anilines is 1. The zero-order valence-corrected chi connectivity index (χ0v) is 23.0. The van der Waals surface area contributed by atoms with E-state index in [4.69, 9.17) is 4.98 Å². The highest BCUT2D eigenvalue weighted by molar-refractivity contribution is 7.89. The number of thiazole rings is 1. The number of aromatic nitrogens is 1. The Labute approximate surface area is 222 Å². The molecular weight excluding hydrogens is 502 g/mol. The monoisotopic (exact) mass is 533 g/mol. The van der Waals surface area contributed by atoms with E-state index in [1.807, 2.05) is 37.3 Å². The van der Waals surface area contributed by atoms with Crippen LogP contribution in [0.2, 0.25) is 0 Å². The van der Waals surface area contributed by atoms with E-state index in [9.17, 15) is 13.2 Å². The van der Waals surface area contributed by atoms with Crippen LogP contribution in [0.15, 0.2) is 71.6 Å². The molecule has 37 heavy (non-hydrogen) atoms. The lowest BCUT2D eigenvalue weighted by atomic mass is 9.98. The second-order valence-electron chi connectivity index (χ2n) is 9.78. The summed E-state index contributed by atoms with van der Waals surface area (Å²) in [4.78, 5) is 21.0. The quantitative estimate of drug-likeness (QED) is 0.311. The number of piperidine rings is 1. The van der Waals surface area contributed by atoms with Gasteiger partial charge in [-0.1, -0.05) is 65.4 Å². The zero-order valence-electron chi connectivity index (χ0n) is 21.3. The van der Waals surface area contributed by atoms with E-state index in [1.165, 1.54) is 15.6 Å². The number of carbonyl (C=O) groups excluding carboxylic acids is 1. The fraction of sp³-hybridized carbons (Fsp3) is 0.310. The Morgan fingerprint density at radius 1 is 1.03 bits per heavy atom. The minimum atomic E-state index is -3.68. The molecule has 0 radical (unpaired) electrons. The van der Waals surface area contributed by atoms with Crippen molar-refractivity contribution in [2.24, 2.45) is 5.92 Å². The third-order valence-electron chi connectivity index (χ3n) is 7.15. The van der Waals surface area contributed by atoms with Gasteiger partial charge in [-0.25, -0.2) is 13.4 Å². The predicted octanol–water partition coefficient (Wildman–Crippen LogP) is 5.86. The van der Waals surface area contributed by atoms with Crippen molar-refractivity contribution in [2.45, 2.75) is 45.1 Å². The zero-order chi connectivity index (χ0) is 26.2. The van der Waals surface area contributed by atoms with Crippen molar-refractivity contribution in [1.29, 1.82) is 0 Å². The first kappa shape index (κ1) is 25.6. The maximum Gasteiger partial charge on any atom is 0.243 e. The van der Waals surface area contributed by atoms with E-state index in [2.05, 4.69) is 26.0 Å². The Morgan fingerprint density at radius 3 is 2.49 bits per heavy atom. The van der Waals surface area contributed by atoms with Crippen LogP contribution in [0.1, 0.15) is 35.1 Å². The fourth-order valence-electron chi connectivity index (χ4n) is 4.78. The van der Waals surface area contributed by atoms with Gasteiger partial charge in [0.25, 0.3) is 0 Å². The largest absolute Gasteiger partial charge is 0.283 e. The molecule has 1 amide bonds. The lowest BCUT2D eigenvalue weighted by molar-refractivity contribution is -0.123. The molecule has 0 N–H and O–H groups in total. The first-order valence-corrected chi connectivity index (χ1v) is 14.8. The van der Waals surface area contributed by atoms with Crippen molar-refractivity contribution in [3.8, 4) is 0 Å². The average molecular weight is 534 g/mol. The number of rotatable bonds is 6. The molecule has 2 heterocycles. The van der Waals surface area contributed by atoms with Crippen molar-refractivity contribution >= 4 is 42.6 Å². The number of aryl methyl sites for hydroxylation is 3. The van der Waals surface area contributed by atoms with Crippen molar-refractivity contribution in [3.63, 3.8) is 0 Å². The van der Waals surface area contributed by atoms with Crippen LogP contribution in [0.5, 0.6) is 0 Å².